The number of rotatable bonds is 8. The second-order valence-electron chi connectivity index (χ2n) is 6.77. The van der Waals surface area contributed by atoms with Crippen LogP contribution in [0.5, 0.6) is 0 Å². The predicted octanol–water partition coefficient (Wildman–Crippen LogP) is -0.426. The van der Waals surface area contributed by atoms with Crippen LogP contribution >= 0.6 is 0 Å². The molecule has 27 heavy (non-hydrogen) atoms. The maximum absolute atomic E-state index is 12.2. The van der Waals surface area contributed by atoms with E-state index in [9.17, 15) is 18.0 Å². The van der Waals surface area contributed by atoms with Crippen molar-refractivity contribution in [1.82, 2.24) is 20.4 Å². The summed E-state index contributed by atoms with van der Waals surface area (Å²) in [5.74, 6) is -1.30. The fourth-order valence-electron chi connectivity index (χ4n) is 2.73. The van der Waals surface area contributed by atoms with Crippen LogP contribution in [0.3, 0.4) is 0 Å². The summed E-state index contributed by atoms with van der Waals surface area (Å²) in [6, 6.07) is 5.68. The van der Waals surface area contributed by atoms with Gasteiger partial charge in [-0.25, -0.2) is 8.42 Å². The second kappa shape index (κ2) is 9.82. The van der Waals surface area contributed by atoms with Crippen molar-refractivity contribution >= 4 is 21.7 Å². The summed E-state index contributed by atoms with van der Waals surface area (Å²) in [5.41, 5.74) is 0.398. The van der Waals surface area contributed by atoms with Crippen molar-refractivity contribution < 1.29 is 18.0 Å². The molecule has 0 bridgehead atoms. The first-order valence-electron chi connectivity index (χ1n) is 9.04. The number of piperazine rings is 1. The normalized spacial score (nSPS) is 15.3. The zero-order valence-corrected chi connectivity index (χ0v) is 16.7. The summed E-state index contributed by atoms with van der Waals surface area (Å²) in [6.45, 7) is 5.57. The van der Waals surface area contributed by atoms with E-state index >= 15 is 0 Å². The van der Waals surface area contributed by atoms with E-state index in [0.29, 0.717) is 12.1 Å². The maximum Gasteiger partial charge on any atom is 0.251 e. The number of carbonyl (C=O) groups is 2. The summed E-state index contributed by atoms with van der Waals surface area (Å²) in [4.78, 5) is 27.5. The van der Waals surface area contributed by atoms with E-state index in [2.05, 4.69) is 15.5 Å². The SMILES string of the molecule is CN(C)C(=O)CS(=O)(=O)c1ccc(C(=O)NCCCN2CCNCC2)cc1. The van der Waals surface area contributed by atoms with Crippen LogP contribution in [0.4, 0.5) is 0 Å². The molecule has 0 spiro atoms. The first-order chi connectivity index (χ1) is 12.8. The fraction of sp³-hybridized carbons (Fsp3) is 0.556. The zero-order chi connectivity index (χ0) is 19.9. The van der Waals surface area contributed by atoms with E-state index < -0.39 is 21.5 Å². The van der Waals surface area contributed by atoms with Crippen LogP contribution in [-0.4, -0.2) is 89.1 Å². The third-order valence-electron chi connectivity index (χ3n) is 4.43. The molecule has 1 aliphatic heterocycles. The van der Waals surface area contributed by atoms with E-state index in [1.54, 1.807) is 0 Å². The molecule has 2 amide bonds. The first-order valence-corrected chi connectivity index (χ1v) is 10.7. The second-order valence-corrected chi connectivity index (χ2v) is 8.76. The monoisotopic (exact) mass is 396 g/mol. The Kier molecular flexibility index (Phi) is 7.76. The molecular formula is C18H28N4O4S. The molecule has 1 fully saturated rings. The zero-order valence-electron chi connectivity index (χ0n) is 15.9. The number of benzene rings is 1. The van der Waals surface area contributed by atoms with E-state index in [1.807, 2.05) is 0 Å². The van der Waals surface area contributed by atoms with Crippen LogP contribution in [0.25, 0.3) is 0 Å². The number of nitrogens with one attached hydrogen (secondary N) is 2. The number of carbonyl (C=O) groups excluding carboxylic acids is 2. The average Bonchev–Trinajstić information content (AvgIpc) is 2.65. The van der Waals surface area contributed by atoms with Crippen LogP contribution in [0.2, 0.25) is 0 Å². The Bertz CT molecular complexity index is 741. The molecule has 9 heteroatoms. The highest BCUT2D eigenvalue weighted by Gasteiger charge is 2.20. The Morgan fingerprint density at radius 1 is 1.15 bits per heavy atom. The Morgan fingerprint density at radius 2 is 1.78 bits per heavy atom. The van der Waals surface area contributed by atoms with Crippen LogP contribution < -0.4 is 10.6 Å². The molecule has 2 N–H and O–H groups in total. The van der Waals surface area contributed by atoms with Crippen molar-refractivity contribution in [3.05, 3.63) is 29.8 Å². The van der Waals surface area contributed by atoms with Crippen LogP contribution in [0.15, 0.2) is 29.2 Å². The van der Waals surface area contributed by atoms with Crippen molar-refractivity contribution in [1.29, 1.82) is 0 Å². The van der Waals surface area contributed by atoms with Gasteiger partial charge >= 0.3 is 0 Å². The lowest BCUT2D eigenvalue weighted by Crippen LogP contribution is -2.44. The Hall–Kier alpha value is -1.97. The van der Waals surface area contributed by atoms with Gasteiger partial charge in [-0.05, 0) is 37.2 Å². The molecule has 8 nitrogen and oxygen atoms in total. The van der Waals surface area contributed by atoms with Crippen molar-refractivity contribution in [2.75, 3.05) is 59.1 Å². The van der Waals surface area contributed by atoms with Crippen molar-refractivity contribution in [3.63, 3.8) is 0 Å². The van der Waals surface area contributed by atoms with Crippen molar-refractivity contribution in [2.24, 2.45) is 0 Å². The molecule has 1 heterocycles. The minimum absolute atomic E-state index is 0.0351. The third-order valence-corrected chi connectivity index (χ3v) is 6.05. The predicted molar refractivity (Wildman–Crippen MR) is 103 cm³/mol. The minimum Gasteiger partial charge on any atom is -0.352 e. The summed E-state index contributed by atoms with van der Waals surface area (Å²) < 4.78 is 24.5. The number of hydrogen-bond donors (Lipinski definition) is 2. The Balaban J connectivity index is 1.83. The Morgan fingerprint density at radius 3 is 2.37 bits per heavy atom. The van der Waals surface area contributed by atoms with Gasteiger partial charge in [-0.2, -0.15) is 0 Å². The first kappa shape index (κ1) is 21.3. The summed E-state index contributed by atoms with van der Waals surface area (Å²) in [5, 5.41) is 6.15. The van der Waals surface area contributed by atoms with E-state index in [0.717, 1.165) is 39.1 Å². The highest BCUT2D eigenvalue weighted by Crippen LogP contribution is 2.13. The molecule has 150 valence electrons. The quantitative estimate of drug-likeness (QED) is 0.579. The minimum atomic E-state index is -3.71. The van der Waals surface area contributed by atoms with Gasteiger partial charge in [0.05, 0.1) is 4.90 Å². The summed E-state index contributed by atoms with van der Waals surface area (Å²) >= 11 is 0. The average molecular weight is 397 g/mol. The van der Waals surface area contributed by atoms with Gasteiger partial charge in [0, 0.05) is 52.4 Å². The largest absolute Gasteiger partial charge is 0.352 e. The van der Waals surface area contributed by atoms with E-state index in [-0.39, 0.29) is 10.8 Å². The summed E-state index contributed by atoms with van der Waals surface area (Å²) in [6.07, 6.45) is 0.866. The lowest BCUT2D eigenvalue weighted by Gasteiger charge is -2.27. The van der Waals surface area contributed by atoms with Gasteiger partial charge in [0.1, 0.15) is 5.75 Å². The number of hydrogen-bond acceptors (Lipinski definition) is 6. The molecular weight excluding hydrogens is 368 g/mol. The smallest absolute Gasteiger partial charge is 0.251 e. The van der Waals surface area contributed by atoms with Gasteiger partial charge in [-0.1, -0.05) is 0 Å². The van der Waals surface area contributed by atoms with Crippen LogP contribution in [0.1, 0.15) is 16.8 Å². The third kappa shape index (κ3) is 6.60. The molecule has 1 aromatic rings. The Labute approximate surface area is 160 Å². The van der Waals surface area contributed by atoms with Gasteiger partial charge in [-0.3, -0.25) is 9.59 Å². The molecule has 0 unspecified atom stereocenters. The molecule has 0 radical (unpaired) electrons. The van der Waals surface area contributed by atoms with Gasteiger partial charge in [-0.15, -0.1) is 0 Å². The maximum atomic E-state index is 12.2. The topological polar surface area (TPSA) is 98.8 Å². The lowest BCUT2D eigenvalue weighted by atomic mass is 10.2. The molecule has 2 rings (SSSR count). The van der Waals surface area contributed by atoms with Crippen LogP contribution in [-0.2, 0) is 14.6 Å². The molecule has 0 atom stereocenters. The van der Waals surface area contributed by atoms with Gasteiger partial charge in [0.2, 0.25) is 5.91 Å². The molecule has 0 aromatic heterocycles. The molecule has 0 saturated carbocycles. The lowest BCUT2D eigenvalue weighted by molar-refractivity contribution is -0.125. The number of nitrogens with zero attached hydrogens (tertiary/aromatic N) is 2. The van der Waals surface area contributed by atoms with Crippen LogP contribution in [0, 0.1) is 0 Å². The van der Waals surface area contributed by atoms with Crippen molar-refractivity contribution in [3.8, 4) is 0 Å². The van der Waals surface area contributed by atoms with Gasteiger partial charge in [0.25, 0.3) is 5.91 Å². The molecule has 1 saturated heterocycles. The molecule has 0 aliphatic carbocycles. The van der Waals surface area contributed by atoms with E-state index in [4.69, 9.17) is 0 Å². The van der Waals surface area contributed by atoms with Crippen molar-refractivity contribution in [2.45, 2.75) is 11.3 Å². The number of amides is 2. The van der Waals surface area contributed by atoms with Gasteiger partial charge in [0.15, 0.2) is 9.84 Å². The molecule has 1 aromatic carbocycles. The van der Waals surface area contributed by atoms with Gasteiger partial charge < -0.3 is 20.4 Å². The van der Waals surface area contributed by atoms with E-state index in [1.165, 1.54) is 43.3 Å². The standard InChI is InChI=1S/C18H28N4O4S/c1-21(2)17(23)14-27(25,26)16-6-4-15(5-7-16)18(24)20-8-3-11-22-12-9-19-10-13-22/h4-7,19H,3,8-14H2,1-2H3,(H,20,24). The summed E-state index contributed by atoms with van der Waals surface area (Å²) in [7, 11) is -0.699. The number of sulfone groups is 1. The highest BCUT2D eigenvalue weighted by molar-refractivity contribution is 7.92. The highest BCUT2D eigenvalue weighted by atomic mass is 32.2. The fourth-order valence-corrected chi connectivity index (χ4v) is 4.03. The molecule has 1 aliphatic rings.